The lowest BCUT2D eigenvalue weighted by Gasteiger charge is -2.38. The standard InChI is InChI=1S/C23H22Cl2FN3O/c24-13-9-17-16(18(25)10-13)11-20(29-8-2-3-14(27)12-29)23(17)30-21-6-5-19(26)15-4-1-7-28-22(15)21/h1,4-7,9-10,14,20,23H,2-3,8,11-12,27H2/t14-,20+,23+/m1/s1. The topological polar surface area (TPSA) is 51.4 Å². The van der Waals surface area contributed by atoms with Gasteiger partial charge in [-0.15, -0.1) is 0 Å². The molecule has 3 atom stereocenters. The second-order valence-electron chi connectivity index (χ2n) is 8.11. The van der Waals surface area contributed by atoms with E-state index in [0.29, 0.717) is 26.7 Å². The van der Waals surface area contributed by atoms with Crippen molar-refractivity contribution in [3.8, 4) is 5.75 Å². The second-order valence-corrected chi connectivity index (χ2v) is 8.95. The molecule has 0 saturated carbocycles. The highest BCUT2D eigenvalue weighted by Gasteiger charge is 2.41. The zero-order valence-corrected chi connectivity index (χ0v) is 17.8. The van der Waals surface area contributed by atoms with Gasteiger partial charge in [-0.05, 0) is 67.8 Å². The third kappa shape index (κ3) is 3.54. The monoisotopic (exact) mass is 445 g/mol. The number of likely N-dealkylation sites (tertiary alicyclic amines) is 1. The van der Waals surface area contributed by atoms with Crippen LogP contribution in [0.3, 0.4) is 0 Å². The van der Waals surface area contributed by atoms with Crippen LogP contribution in [0.5, 0.6) is 5.75 Å². The van der Waals surface area contributed by atoms with E-state index in [1.54, 1.807) is 30.5 Å². The number of nitrogens with zero attached hydrogens (tertiary/aromatic N) is 2. The Balaban J connectivity index is 1.58. The van der Waals surface area contributed by atoms with E-state index in [1.165, 1.54) is 6.07 Å². The smallest absolute Gasteiger partial charge is 0.146 e. The fourth-order valence-corrected chi connectivity index (χ4v) is 5.35. The maximum Gasteiger partial charge on any atom is 0.146 e. The van der Waals surface area contributed by atoms with Crippen LogP contribution < -0.4 is 10.5 Å². The van der Waals surface area contributed by atoms with E-state index in [0.717, 1.165) is 43.5 Å². The van der Waals surface area contributed by atoms with Crippen LogP contribution in [0.15, 0.2) is 42.6 Å². The van der Waals surface area contributed by atoms with Crippen LogP contribution in [-0.2, 0) is 6.42 Å². The Morgan fingerprint density at radius 2 is 2.07 bits per heavy atom. The highest BCUT2D eigenvalue weighted by atomic mass is 35.5. The van der Waals surface area contributed by atoms with Crippen molar-refractivity contribution >= 4 is 34.1 Å². The van der Waals surface area contributed by atoms with E-state index in [4.69, 9.17) is 33.7 Å². The largest absolute Gasteiger partial charge is 0.482 e. The molecule has 1 aliphatic heterocycles. The lowest BCUT2D eigenvalue weighted by molar-refractivity contribution is 0.0600. The fraction of sp³-hybridized carbons (Fsp3) is 0.348. The number of halogens is 3. The molecule has 0 radical (unpaired) electrons. The van der Waals surface area contributed by atoms with Crippen LogP contribution in [0.1, 0.15) is 30.1 Å². The summed E-state index contributed by atoms with van der Waals surface area (Å²) in [6.07, 6.45) is 4.19. The molecule has 30 heavy (non-hydrogen) atoms. The van der Waals surface area contributed by atoms with Gasteiger partial charge < -0.3 is 10.5 Å². The van der Waals surface area contributed by atoms with Crippen molar-refractivity contribution in [2.45, 2.75) is 37.5 Å². The molecule has 1 aromatic heterocycles. The van der Waals surface area contributed by atoms with Gasteiger partial charge in [-0.25, -0.2) is 4.39 Å². The van der Waals surface area contributed by atoms with Gasteiger partial charge >= 0.3 is 0 Å². The molecule has 2 N–H and O–H groups in total. The molecular weight excluding hydrogens is 424 g/mol. The normalized spacial score (nSPS) is 24.2. The van der Waals surface area contributed by atoms with Crippen molar-refractivity contribution < 1.29 is 9.13 Å². The van der Waals surface area contributed by atoms with E-state index in [9.17, 15) is 4.39 Å². The van der Waals surface area contributed by atoms with E-state index >= 15 is 0 Å². The van der Waals surface area contributed by atoms with Crippen LogP contribution >= 0.6 is 23.2 Å². The van der Waals surface area contributed by atoms with Gasteiger partial charge in [0.2, 0.25) is 0 Å². The van der Waals surface area contributed by atoms with Gasteiger partial charge in [0.15, 0.2) is 0 Å². The average Bonchev–Trinajstić information content (AvgIpc) is 3.09. The van der Waals surface area contributed by atoms with Gasteiger partial charge in [-0.1, -0.05) is 23.2 Å². The van der Waals surface area contributed by atoms with Crippen molar-refractivity contribution in [1.29, 1.82) is 0 Å². The Morgan fingerprint density at radius 1 is 1.20 bits per heavy atom. The summed E-state index contributed by atoms with van der Waals surface area (Å²) < 4.78 is 20.8. The van der Waals surface area contributed by atoms with Crippen molar-refractivity contribution in [2.75, 3.05) is 13.1 Å². The van der Waals surface area contributed by atoms with Crippen LogP contribution in [0.2, 0.25) is 10.0 Å². The zero-order valence-electron chi connectivity index (χ0n) is 16.3. The quantitative estimate of drug-likeness (QED) is 0.605. The summed E-state index contributed by atoms with van der Waals surface area (Å²) in [5.74, 6) is 0.231. The molecular formula is C23H22Cl2FN3O. The number of nitrogens with two attached hydrogens (primary N) is 1. The molecule has 1 saturated heterocycles. The molecule has 0 amide bonds. The first kappa shape index (κ1) is 20.0. The van der Waals surface area contributed by atoms with Crippen molar-refractivity contribution in [3.05, 3.63) is 69.6 Å². The number of hydrogen-bond donors (Lipinski definition) is 1. The van der Waals surface area contributed by atoms with Gasteiger partial charge in [0, 0.05) is 39.8 Å². The van der Waals surface area contributed by atoms with Gasteiger partial charge in [-0.2, -0.15) is 0 Å². The summed E-state index contributed by atoms with van der Waals surface area (Å²) in [6, 6.07) is 10.4. The van der Waals surface area contributed by atoms with Gasteiger partial charge in [0.25, 0.3) is 0 Å². The molecule has 1 aliphatic carbocycles. The van der Waals surface area contributed by atoms with Crippen molar-refractivity contribution in [1.82, 2.24) is 9.88 Å². The average molecular weight is 446 g/mol. The Labute approximate surface area is 184 Å². The summed E-state index contributed by atoms with van der Waals surface area (Å²) >= 11 is 12.9. The second kappa shape index (κ2) is 7.97. The molecule has 7 heteroatoms. The fourth-order valence-electron chi connectivity index (χ4n) is 4.76. The van der Waals surface area contributed by atoms with Crippen molar-refractivity contribution in [3.63, 3.8) is 0 Å². The summed E-state index contributed by atoms with van der Waals surface area (Å²) in [6.45, 7) is 1.77. The molecule has 1 fully saturated rings. The first-order valence-electron chi connectivity index (χ1n) is 10.2. The summed E-state index contributed by atoms with van der Waals surface area (Å²) in [5, 5.41) is 1.66. The zero-order chi connectivity index (χ0) is 20.8. The lowest BCUT2D eigenvalue weighted by Crippen LogP contribution is -2.49. The van der Waals surface area contributed by atoms with E-state index < -0.39 is 0 Å². The highest BCUT2D eigenvalue weighted by molar-refractivity contribution is 6.35. The maximum absolute atomic E-state index is 14.3. The molecule has 0 bridgehead atoms. The predicted molar refractivity (Wildman–Crippen MR) is 118 cm³/mol. The predicted octanol–water partition coefficient (Wildman–Crippen LogP) is 5.15. The Bertz CT molecular complexity index is 1110. The third-order valence-electron chi connectivity index (χ3n) is 6.16. The minimum absolute atomic E-state index is 0.0751. The van der Waals surface area contributed by atoms with Crippen LogP contribution in [0.4, 0.5) is 4.39 Å². The van der Waals surface area contributed by atoms with Crippen LogP contribution in [0, 0.1) is 5.82 Å². The molecule has 0 spiro atoms. The molecule has 0 unspecified atom stereocenters. The van der Waals surface area contributed by atoms with E-state index in [-0.39, 0.29) is 24.0 Å². The Hall–Kier alpha value is -1.92. The number of ether oxygens (including phenoxy) is 1. The summed E-state index contributed by atoms with van der Waals surface area (Å²) in [5.41, 5.74) is 8.79. The number of pyridine rings is 1. The summed E-state index contributed by atoms with van der Waals surface area (Å²) in [7, 11) is 0. The molecule has 3 aromatic rings. The third-order valence-corrected chi connectivity index (χ3v) is 6.71. The molecule has 4 nitrogen and oxygen atoms in total. The van der Waals surface area contributed by atoms with Crippen LogP contribution in [-0.4, -0.2) is 35.1 Å². The number of hydrogen-bond acceptors (Lipinski definition) is 4. The number of benzene rings is 2. The number of rotatable bonds is 3. The molecule has 2 aromatic carbocycles. The molecule has 2 heterocycles. The molecule has 5 rings (SSSR count). The molecule has 156 valence electrons. The van der Waals surface area contributed by atoms with E-state index in [2.05, 4.69) is 9.88 Å². The highest BCUT2D eigenvalue weighted by Crippen LogP contribution is 2.44. The number of fused-ring (bicyclic) bond motifs is 2. The Kier molecular flexibility index (Phi) is 5.31. The SMILES string of the molecule is N[C@@H]1CCCN([C@H]2Cc3c(Cl)cc(Cl)cc3[C@@H]2Oc2ccc(F)c3cccnc23)C1. The summed E-state index contributed by atoms with van der Waals surface area (Å²) in [4.78, 5) is 6.77. The lowest BCUT2D eigenvalue weighted by atomic mass is 10.0. The van der Waals surface area contributed by atoms with Gasteiger partial charge in [0.05, 0.1) is 6.04 Å². The number of aromatic nitrogens is 1. The molecule has 2 aliphatic rings. The minimum atomic E-state index is -0.318. The van der Waals surface area contributed by atoms with Gasteiger partial charge in [-0.3, -0.25) is 9.88 Å². The number of piperidine rings is 1. The first-order valence-corrected chi connectivity index (χ1v) is 10.9. The van der Waals surface area contributed by atoms with E-state index in [1.807, 2.05) is 6.07 Å². The van der Waals surface area contributed by atoms with Crippen molar-refractivity contribution in [2.24, 2.45) is 5.73 Å². The van der Waals surface area contributed by atoms with Gasteiger partial charge in [0.1, 0.15) is 23.2 Å². The first-order chi connectivity index (χ1) is 14.5. The Morgan fingerprint density at radius 3 is 2.90 bits per heavy atom. The van der Waals surface area contributed by atoms with Crippen LogP contribution in [0.25, 0.3) is 10.9 Å². The minimum Gasteiger partial charge on any atom is -0.482 e. The maximum atomic E-state index is 14.3.